The van der Waals surface area contributed by atoms with E-state index in [9.17, 15) is 22.8 Å². The Labute approximate surface area is 96.8 Å². The standard InChI is InChI=1S/C8H5ClF3NO4/c9-2-3-1-4(17-8(10,11)12)5(7(15)16)13-6(3)14/h1H,2H2,(H,13,14)(H,15,16). The van der Waals surface area contributed by atoms with E-state index in [1.165, 1.54) is 0 Å². The van der Waals surface area contributed by atoms with Crippen molar-refractivity contribution in [3.8, 4) is 5.75 Å². The van der Waals surface area contributed by atoms with E-state index in [0.717, 1.165) is 0 Å². The highest BCUT2D eigenvalue weighted by molar-refractivity contribution is 6.17. The molecule has 0 aromatic carbocycles. The summed E-state index contributed by atoms with van der Waals surface area (Å²) >= 11 is 5.30. The number of carboxylic acids is 1. The Balaban J connectivity index is 3.34. The molecule has 0 radical (unpaired) electrons. The first kappa shape index (κ1) is 13.4. The van der Waals surface area contributed by atoms with Crippen LogP contribution in [0.2, 0.25) is 0 Å². The quantitative estimate of drug-likeness (QED) is 0.820. The van der Waals surface area contributed by atoms with E-state index in [4.69, 9.17) is 16.7 Å². The molecule has 17 heavy (non-hydrogen) atoms. The first-order valence-corrected chi connectivity index (χ1v) is 4.59. The van der Waals surface area contributed by atoms with Gasteiger partial charge in [-0.1, -0.05) is 0 Å². The smallest absolute Gasteiger partial charge is 0.476 e. The summed E-state index contributed by atoms with van der Waals surface area (Å²) in [6.45, 7) is 0. The van der Waals surface area contributed by atoms with Crippen LogP contribution in [0.15, 0.2) is 10.9 Å². The van der Waals surface area contributed by atoms with E-state index >= 15 is 0 Å². The zero-order valence-corrected chi connectivity index (χ0v) is 8.72. The fourth-order valence-electron chi connectivity index (χ4n) is 1.01. The number of ether oxygens (including phenoxy) is 1. The van der Waals surface area contributed by atoms with E-state index in [0.29, 0.717) is 6.07 Å². The first-order chi connectivity index (χ1) is 7.74. The molecule has 0 bridgehead atoms. The Morgan fingerprint density at radius 2 is 2.12 bits per heavy atom. The fourth-order valence-corrected chi connectivity index (χ4v) is 1.21. The van der Waals surface area contributed by atoms with Crippen molar-refractivity contribution in [3.63, 3.8) is 0 Å². The maximum Gasteiger partial charge on any atom is 0.573 e. The second kappa shape index (κ2) is 4.66. The van der Waals surface area contributed by atoms with Crippen molar-refractivity contribution in [2.24, 2.45) is 0 Å². The van der Waals surface area contributed by atoms with E-state index in [-0.39, 0.29) is 11.4 Å². The number of hydrogen-bond donors (Lipinski definition) is 2. The number of pyridine rings is 1. The Bertz CT molecular complexity index is 497. The maximum absolute atomic E-state index is 12.0. The van der Waals surface area contributed by atoms with Crippen LogP contribution in [-0.4, -0.2) is 22.4 Å². The predicted molar refractivity (Wildman–Crippen MR) is 50.3 cm³/mol. The van der Waals surface area contributed by atoms with Gasteiger partial charge in [0.15, 0.2) is 11.4 Å². The number of H-pyrrole nitrogens is 1. The number of carbonyl (C=O) groups is 1. The van der Waals surface area contributed by atoms with E-state index in [1.54, 1.807) is 4.98 Å². The maximum atomic E-state index is 12.0. The average Bonchev–Trinajstić information content (AvgIpc) is 2.17. The van der Waals surface area contributed by atoms with Crippen LogP contribution in [0.3, 0.4) is 0 Å². The van der Waals surface area contributed by atoms with Crippen molar-refractivity contribution in [3.05, 3.63) is 27.7 Å². The van der Waals surface area contributed by atoms with Crippen LogP contribution in [-0.2, 0) is 5.88 Å². The van der Waals surface area contributed by atoms with Crippen molar-refractivity contribution in [1.29, 1.82) is 0 Å². The molecule has 1 aromatic heterocycles. The highest BCUT2D eigenvalue weighted by atomic mass is 35.5. The number of carboxylic acid groups (broad SMARTS) is 1. The highest BCUT2D eigenvalue weighted by Crippen LogP contribution is 2.25. The van der Waals surface area contributed by atoms with Gasteiger partial charge in [-0.05, 0) is 6.07 Å². The number of alkyl halides is 4. The number of halogens is 4. The number of aromatic carboxylic acids is 1. The van der Waals surface area contributed by atoms with Gasteiger partial charge in [-0.15, -0.1) is 24.8 Å². The average molecular weight is 272 g/mol. The van der Waals surface area contributed by atoms with Gasteiger partial charge in [0.25, 0.3) is 5.56 Å². The molecule has 0 unspecified atom stereocenters. The molecule has 1 heterocycles. The molecule has 5 nitrogen and oxygen atoms in total. The van der Waals surface area contributed by atoms with Crippen LogP contribution < -0.4 is 10.3 Å². The zero-order valence-electron chi connectivity index (χ0n) is 7.97. The van der Waals surface area contributed by atoms with E-state index in [2.05, 4.69) is 4.74 Å². The van der Waals surface area contributed by atoms with Crippen molar-refractivity contribution in [1.82, 2.24) is 4.98 Å². The predicted octanol–water partition coefficient (Wildman–Crippen LogP) is 1.71. The summed E-state index contributed by atoms with van der Waals surface area (Å²) in [6, 6.07) is 0.642. The first-order valence-electron chi connectivity index (χ1n) is 4.06. The van der Waals surface area contributed by atoms with Gasteiger partial charge in [0.05, 0.1) is 5.88 Å². The lowest BCUT2D eigenvalue weighted by Crippen LogP contribution is -2.23. The zero-order chi connectivity index (χ0) is 13.2. The summed E-state index contributed by atoms with van der Waals surface area (Å²) in [5, 5.41) is 8.60. The molecular weight excluding hydrogens is 267 g/mol. The third kappa shape index (κ3) is 3.38. The van der Waals surface area contributed by atoms with Crippen LogP contribution in [0.1, 0.15) is 16.1 Å². The molecule has 0 aliphatic heterocycles. The molecule has 94 valence electrons. The largest absolute Gasteiger partial charge is 0.573 e. The van der Waals surface area contributed by atoms with Gasteiger partial charge in [0, 0.05) is 5.56 Å². The van der Waals surface area contributed by atoms with Crippen LogP contribution in [0.4, 0.5) is 13.2 Å². The van der Waals surface area contributed by atoms with Crippen LogP contribution in [0.5, 0.6) is 5.75 Å². The van der Waals surface area contributed by atoms with Gasteiger partial charge < -0.3 is 14.8 Å². The minimum Gasteiger partial charge on any atom is -0.476 e. The van der Waals surface area contributed by atoms with Gasteiger partial charge >= 0.3 is 12.3 Å². The Hall–Kier alpha value is -1.70. The second-order valence-electron chi connectivity index (χ2n) is 2.85. The van der Waals surface area contributed by atoms with Gasteiger partial charge in [-0.3, -0.25) is 4.79 Å². The third-order valence-corrected chi connectivity index (χ3v) is 1.95. The molecule has 0 fully saturated rings. The minimum atomic E-state index is -5.06. The summed E-state index contributed by atoms with van der Waals surface area (Å²) in [4.78, 5) is 23.5. The third-order valence-electron chi connectivity index (χ3n) is 1.67. The van der Waals surface area contributed by atoms with Gasteiger partial charge in [-0.25, -0.2) is 4.79 Å². The summed E-state index contributed by atoms with van der Waals surface area (Å²) in [5.74, 6) is -3.13. The minimum absolute atomic E-state index is 0.226. The molecule has 1 aromatic rings. The summed E-state index contributed by atoms with van der Waals surface area (Å²) in [5.41, 5.74) is -2.09. The lowest BCUT2D eigenvalue weighted by atomic mass is 10.2. The molecule has 1 rings (SSSR count). The monoisotopic (exact) mass is 271 g/mol. The SMILES string of the molecule is O=C(O)c1[nH]c(=O)c(CCl)cc1OC(F)(F)F. The van der Waals surface area contributed by atoms with Crippen LogP contribution in [0, 0.1) is 0 Å². The van der Waals surface area contributed by atoms with Crippen LogP contribution >= 0.6 is 11.6 Å². The van der Waals surface area contributed by atoms with Crippen molar-refractivity contribution in [2.75, 3.05) is 0 Å². The number of hydrogen-bond acceptors (Lipinski definition) is 3. The van der Waals surface area contributed by atoms with Gasteiger partial charge in [0.2, 0.25) is 0 Å². The number of rotatable bonds is 3. The van der Waals surface area contributed by atoms with Gasteiger partial charge in [0.1, 0.15) is 0 Å². The molecule has 0 aliphatic carbocycles. The summed E-state index contributed by atoms with van der Waals surface area (Å²) < 4.78 is 39.4. The molecule has 0 spiro atoms. The second-order valence-corrected chi connectivity index (χ2v) is 3.12. The Morgan fingerprint density at radius 1 is 1.53 bits per heavy atom. The Kier molecular flexibility index (Phi) is 3.66. The molecule has 0 amide bonds. The normalized spacial score (nSPS) is 11.3. The Morgan fingerprint density at radius 3 is 2.53 bits per heavy atom. The molecule has 2 N–H and O–H groups in total. The molecule has 0 atom stereocenters. The molecule has 9 heteroatoms. The summed E-state index contributed by atoms with van der Waals surface area (Å²) in [6.07, 6.45) is -5.06. The van der Waals surface area contributed by atoms with E-state index in [1.807, 2.05) is 0 Å². The lowest BCUT2D eigenvalue weighted by molar-refractivity contribution is -0.274. The van der Waals surface area contributed by atoms with E-state index < -0.39 is 29.3 Å². The highest BCUT2D eigenvalue weighted by Gasteiger charge is 2.33. The summed E-state index contributed by atoms with van der Waals surface area (Å²) in [7, 11) is 0. The molecule has 0 aliphatic rings. The fraction of sp³-hybridized carbons (Fsp3) is 0.250. The van der Waals surface area contributed by atoms with Gasteiger partial charge in [-0.2, -0.15) is 0 Å². The molecular formula is C8H5ClF3NO4. The number of aromatic nitrogens is 1. The van der Waals surface area contributed by atoms with Crippen molar-refractivity contribution in [2.45, 2.75) is 12.2 Å². The number of nitrogens with one attached hydrogen (secondary N) is 1. The molecule has 0 saturated heterocycles. The van der Waals surface area contributed by atoms with Crippen LogP contribution in [0.25, 0.3) is 0 Å². The topological polar surface area (TPSA) is 79.4 Å². The molecule has 0 saturated carbocycles. The van der Waals surface area contributed by atoms with Crippen molar-refractivity contribution >= 4 is 17.6 Å². The lowest BCUT2D eigenvalue weighted by Gasteiger charge is -2.11. The van der Waals surface area contributed by atoms with Crippen molar-refractivity contribution < 1.29 is 27.8 Å². The number of aromatic amines is 1.